The van der Waals surface area contributed by atoms with E-state index in [0.29, 0.717) is 12.8 Å². The average molecular weight is 484 g/mol. The Kier molecular flexibility index (Phi) is 4.75. The predicted molar refractivity (Wildman–Crippen MR) is 141 cm³/mol. The fourth-order valence-electron chi connectivity index (χ4n) is 5.23. The van der Waals surface area contributed by atoms with Crippen molar-refractivity contribution in [1.29, 1.82) is 0 Å². The number of nitrogens with two attached hydrogens (primary N) is 1. The van der Waals surface area contributed by atoms with Gasteiger partial charge in [0.1, 0.15) is 0 Å². The highest BCUT2D eigenvalue weighted by molar-refractivity contribution is 7.08. The number of pyridine rings is 1. The number of hydrogen-bond acceptors (Lipinski definition) is 6. The second-order valence-corrected chi connectivity index (χ2v) is 12.0. The molecule has 4 aromatic heterocycles. The van der Waals surface area contributed by atoms with Crippen LogP contribution in [-0.2, 0) is 11.0 Å². The van der Waals surface area contributed by atoms with E-state index < -0.39 is 11.1 Å². The van der Waals surface area contributed by atoms with Crippen molar-refractivity contribution in [2.24, 2.45) is 5.73 Å². The second-order valence-electron chi connectivity index (χ2n) is 11.2. The van der Waals surface area contributed by atoms with Gasteiger partial charge in [0, 0.05) is 39.7 Å². The highest BCUT2D eigenvalue weighted by Gasteiger charge is 2.49. The first kappa shape index (κ1) is 22.3. The molecule has 0 amide bonds. The zero-order valence-electron chi connectivity index (χ0n) is 20.4. The van der Waals surface area contributed by atoms with E-state index in [9.17, 15) is 5.11 Å². The normalized spacial score (nSPS) is 22.6. The fourth-order valence-corrected chi connectivity index (χ4v) is 5.89. The summed E-state index contributed by atoms with van der Waals surface area (Å²) in [5.41, 5.74) is 13.0. The Morgan fingerprint density at radius 1 is 1.06 bits per heavy atom. The number of benzene rings is 1. The largest absolute Gasteiger partial charge is 0.390 e. The van der Waals surface area contributed by atoms with Gasteiger partial charge in [-0.05, 0) is 53.8 Å². The van der Waals surface area contributed by atoms with Crippen LogP contribution in [-0.4, -0.2) is 30.3 Å². The summed E-state index contributed by atoms with van der Waals surface area (Å²) < 4.78 is 1.86. The topological polar surface area (TPSA) is 89.3 Å². The van der Waals surface area contributed by atoms with Crippen LogP contribution in [0.15, 0.2) is 59.4 Å². The first-order valence-electron chi connectivity index (χ1n) is 11.9. The van der Waals surface area contributed by atoms with E-state index in [1.54, 1.807) is 11.3 Å². The van der Waals surface area contributed by atoms with Gasteiger partial charge in [0.25, 0.3) is 0 Å². The Balaban J connectivity index is 1.52. The summed E-state index contributed by atoms with van der Waals surface area (Å²) in [6.45, 7) is 8.29. The van der Waals surface area contributed by atoms with Gasteiger partial charge in [-0.3, -0.25) is 0 Å². The third kappa shape index (κ3) is 3.75. The molecule has 6 nitrogen and oxygen atoms in total. The van der Waals surface area contributed by atoms with Gasteiger partial charge in [-0.25, -0.2) is 9.97 Å². The molecule has 4 heterocycles. The molecule has 1 saturated carbocycles. The summed E-state index contributed by atoms with van der Waals surface area (Å²) in [5, 5.41) is 20.3. The molecule has 0 radical (unpaired) electrons. The molecule has 1 fully saturated rings. The van der Waals surface area contributed by atoms with Crippen LogP contribution < -0.4 is 5.73 Å². The van der Waals surface area contributed by atoms with Crippen molar-refractivity contribution in [3.63, 3.8) is 0 Å². The van der Waals surface area contributed by atoms with E-state index in [4.69, 9.17) is 15.8 Å². The van der Waals surface area contributed by atoms with Gasteiger partial charge in [-0.2, -0.15) is 21.0 Å². The van der Waals surface area contributed by atoms with Gasteiger partial charge >= 0.3 is 0 Å². The van der Waals surface area contributed by atoms with Crippen LogP contribution >= 0.6 is 11.3 Å². The van der Waals surface area contributed by atoms with Crippen LogP contribution in [0.2, 0.25) is 0 Å². The lowest BCUT2D eigenvalue weighted by Crippen LogP contribution is -2.58. The summed E-state index contributed by atoms with van der Waals surface area (Å²) in [6, 6.07) is 14.6. The van der Waals surface area contributed by atoms with Gasteiger partial charge in [-0.15, -0.1) is 0 Å². The van der Waals surface area contributed by atoms with Crippen LogP contribution in [0.5, 0.6) is 0 Å². The van der Waals surface area contributed by atoms with Crippen molar-refractivity contribution >= 4 is 28.0 Å². The monoisotopic (exact) mass is 483 g/mol. The number of rotatable bonds is 3. The molecular formula is C28H29N5OS. The van der Waals surface area contributed by atoms with Crippen LogP contribution in [0.4, 0.5) is 0 Å². The lowest BCUT2D eigenvalue weighted by Gasteiger charge is -2.49. The van der Waals surface area contributed by atoms with E-state index in [1.165, 1.54) is 0 Å². The molecule has 6 rings (SSSR count). The summed E-state index contributed by atoms with van der Waals surface area (Å²) in [7, 11) is 0. The number of nitrogens with zero attached hydrogens (tertiary/aromatic N) is 4. The van der Waals surface area contributed by atoms with E-state index in [-0.39, 0.29) is 5.41 Å². The fraction of sp³-hybridized carbons (Fsp3) is 0.321. The molecular weight excluding hydrogens is 454 g/mol. The Bertz CT molecular complexity index is 1550. The smallest absolute Gasteiger partial charge is 0.165 e. The molecule has 7 heteroatoms. The Labute approximate surface area is 208 Å². The van der Waals surface area contributed by atoms with Crippen molar-refractivity contribution in [3.05, 3.63) is 70.7 Å². The van der Waals surface area contributed by atoms with Crippen molar-refractivity contribution in [2.75, 3.05) is 0 Å². The standard InChI is InChI=1S/C28H29N5OS/c1-26(2,3)22-12-23-30-13-19-11-21(18-9-10-35-14-18)24(31-25(19)33(23)32-22)17-5-7-20(8-6-17)28(29)15-27(4,34)16-28/h5-14,34H,15-16,29H2,1-4H3/t27-,28-. The number of hydrogen-bond donors (Lipinski definition) is 2. The molecule has 0 unspecified atom stereocenters. The van der Waals surface area contributed by atoms with Crippen LogP contribution in [0.25, 0.3) is 39.1 Å². The van der Waals surface area contributed by atoms with Crippen molar-refractivity contribution < 1.29 is 5.11 Å². The first-order chi connectivity index (χ1) is 16.5. The Morgan fingerprint density at radius 3 is 2.43 bits per heavy atom. The molecule has 0 aliphatic heterocycles. The summed E-state index contributed by atoms with van der Waals surface area (Å²) in [6.07, 6.45) is 3.01. The molecule has 3 N–H and O–H groups in total. The number of aliphatic hydroxyl groups is 1. The molecule has 5 aromatic rings. The molecule has 0 atom stereocenters. The third-order valence-electron chi connectivity index (χ3n) is 6.98. The van der Waals surface area contributed by atoms with E-state index >= 15 is 0 Å². The molecule has 0 spiro atoms. The van der Waals surface area contributed by atoms with Gasteiger partial charge in [0.2, 0.25) is 0 Å². The van der Waals surface area contributed by atoms with Crippen molar-refractivity contribution in [3.8, 4) is 22.4 Å². The summed E-state index contributed by atoms with van der Waals surface area (Å²) in [5.74, 6) is 0. The van der Waals surface area contributed by atoms with Gasteiger partial charge < -0.3 is 10.8 Å². The Morgan fingerprint density at radius 2 is 1.80 bits per heavy atom. The zero-order chi connectivity index (χ0) is 24.6. The summed E-state index contributed by atoms with van der Waals surface area (Å²) in [4.78, 5) is 9.83. The van der Waals surface area contributed by atoms with Gasteiger partial charge in [0.15, 0.2) is 11.3 Å². The minimum absolute atomic E-state index is 0.0837. The molecule has 0 bridgehead atoms. The maximum absolute atomic E-state index is 10.2. The van der Waals surface area contributed by atoms with Crippen molar-refractivity contribution in [1.82, 2.24) is 19.6 Å². The quantitative estimate of drug-likeness (QED) is 0.345. The average Bonchev–Trinajstić information content (AvgIpc) is 3.47. The lowest BCUT2D eigenvalue weighted by atomic mass is 9.63. The van der Waals surface area contributed by atoms with E-state index in [1.807, 2.05) is 23.7 Å². The second kappa shape index (κ2) is 7.43. The van der Waals surface area contributed by atoms with Crippen LogP contribution in [0.1, 0.15) is 51.8 Å². The molecule has 1 aliphatic rings. The SMILES string of the molecule is CC(C)(C)c1cc2ncc3cc(-c4ccsc4)c(-c4ccc([C@]5(N)C[C@](C)(O)C5)cc4)nc3n2n1. The van der Waals surface area contributed by atoms with Crippen molar-refractivity contribution in [2.45, 2.75) is 57.1 Å². The van der Waals surface area contributed by atoms with E-state index in [0.717, 1.165) is 50.3 Å². The maximum atomic E-state index is 10.2. The van der Waals surface area contributed by atoms with Crippen LogP contribution in [0, 0.1) is 0 Å². The highest BCUT2D eigenvalue weighted by atomic mass is 32.1. The third-order valence-corrected chi connectivity index (χ3v) is 7.67. The number of aromatic nitrogens is 4. The zero-order valence-corrected chi connectivity index (χ0v) is 21.2. The summed E-state index contributed by atoms with van der Waals surface area (Å²) >= 11 is 1.67. The Hall–Kier alpha value is -3.13. The molecule has 35 heavy (non-hydrogen) atoms. The first-order valence-corrected chi connectivity index (χ1v) is 12.8. The van der Waals surface area contributed by atoms with Gasteiger partial charge in [0.05, 0.1) is 17.0 Å². The number of fused-ring (bicyclic) bond motifs is 3. The molecule has 178 valence electrons. The maximum Gasteiger partial charge on any atom is 0.165 e. The van der Waals surface area contributed by atoms with Crippen LogP contribution in [0.3, 0.4) is 0 Å². The molecule has 1 aliphatic carbocycles. The number of thiophene rings is 1. The minimum Gasteiger partial charge on any atom is -0.390 e. The molecule has 1 aromatic carbocycles. The predicted octanol–water partition coefficient (Wildman–Crippen LogP) is 5.67. The minimum atomic E-state index is -0.686. The molecule has 0 saturated heterocycles. The van der Waals surface area contributed by atoms with E-state index in [2.05, 4.69) is 72.9 Å². The van der Waals surface area contributed by atoms with Gasteiger partial charge in [-0.1, -0.05) is 45.0 Å². The highest BCUT2D eigenvalue weighted by Crippen LogP contribution is 2.46. The lowest BCUT2D eigenvalue weighted by molar-refractivity contribution is -0.0738.